The highest BCUT2D eigenvalue weighted by molar-refractivity contribution is 6.10. The fourth-order valence-corrected chi connectivity index (χ4v) is 4.65. The van der Waals surface area contributed by atoms with E-state index in [2.05, 4.69) is 10.2 Å². The summed E-state index contributed by atoms with van der Waals surface area (Å²) in [5, 5.41) is 12.6. The van der Waals surface area contributed by atoms with Crippen LogP contribution in [0.15, 0.2) is 41.4 Å². The fourth-order valence-electron chi connectivity index (χ4n) is 4.65. The first-order chi connectivity index (χ1) is 15.3. The maximum atomic E-state index is 13.8. The standard InChI is InChI=1S/C22H24F2N4O4/c1-13(30)20-22(32)28-10-17-3-2-6-27(17)19(28)11-26(20)9-15(12-29)21(31)25-8-14-4-5-16(23)7-18(14)24/h4-5,7,9,12,17,19,30H,2-3,6,8,10-11H2,1H3,(H,25,31)/b15-9+,20-13+. The van der Waals surface area contributed by atoms with Crippen molar-refractivity contribution in [3.8, 4) is 0 Å². The number of piperazine rings is 1. The molecule has 0 aromatic heterocycles. The average Bonchev–Trinajstić information content (AvgIpc) is 3.33. The topological polar surface area (TPSA) is 93.2 Å². The number of hydrogen-bond acceptors (Lipinski definition) is 6. The number of hydrogen-bond donors (Lipinski definition) is 2. The fraction of sp³-hybridized carbons (Fsp3) is 0.409. The van der Waals surface area contributed by atoms with Crippen LogP contribution in [0.1, 0.15) is 25.3 Å². The van der Waals surface area contributed by atoms with Crippen LogP contribution in [0.5, 0.6) is 0 Å². The van der Waals surface area contributed by atoms with Gasteiger partial charge < -0.3 is 20.2 Å². The third kappa shape index (κ3) is 3.97. The van der Waals surface area contributed by atoms with E-state index in [-0.39, 0.29) is 47.3 Å². The predicted octanol–water partition coefficient (Wildman–Crippen LogP) is 1.40. The Labute approximate surface area is 183 Å². The van der Waals surface area contributed by atoms with Crippen LogP contribution in [0.25, 0.3) is 0 Å². The minimum Gasteiger partial charge on any atom is -0.510 e. The van der Waals surface area contributed by atoms with Crippen molar-refractivity contribution >= 4 is 18.1 Å². The molecule has 2 atom stereocenters. The van der Waals surface area contributed by atoms with Gasteiger partial charge in [0.2, 0.25) is 0 Å². The first-order valence-corrected chi connectivity index (χ1v) is 10.4. The van der Waals surface area contributed by atoms with Crippen molar-refractivity contribution in [2.24, 2.45) is 0 Å². The zero-order valence-corrected chi connectivity index (χ0v) is 17.6. The van der Waals surface area contributed by atoms with Crippen molar-refractivity contribution in [1.29, 1.82) is 0 Å². The smallest absolute Gasteiger partial charge is 0.275 e. The monoisotopic (exact) mass is 446 g/mol. The molecule has 8 nitrogen and oxygen atoms in total. The largest absolute Gasteiger partial charge is 0.510 e. The molecule has 2 amide bonds. The summed E-state index contributed by atoms with van der Waals surface area (Å²) in [7, 11) is 0. The van der Waals surface area contributed by atoms with Gasteiger partial charge in [-0.15, -0.1) is 0 Å². The number of nitrogens with one attached hydrogen (secondary N) is 1. The lowest BCUT2D eigenvalue weighted by atomic mass is 10.1. The third-order valence-electron chi connectivity index (χ3n) is 6.16. The van der Waals surface area contributed by atoms with E-state index in [1.165, 1.54) is 24.1 Å². The molecule has 3 aliphatic heterocycles. The quantitative estimate of drug-likeness (QED) is 0.234. The second-order valence-corrected chi connectivity index (χ2v) is 8.18. The van der Waals surface area contributed by atoms with E-state index in [0.29, 0.717) is 25.4 Å². The molecule has 2 unspecified atom stereocenters. The Morgan fingerprint density at radius 1 is 1.31 bits per heavy atom. The number of amides is 2. The molecular formula is C22H24F2N4O4. The van der Waals surface area contributed by atoms with Crippen LogP contribution in [0, 0.1) is 11.6 Å². The van der Waals surface area contributed by atoms with Gasteiger partial charge in [0.1, 0.15) is 29.3 Å². The molecule has 3 aliphatic rings. The van der Waals surface area contributed by atoms with Crippen molar-refractivity contribution in [3.05, 3.63) is 58.6 Å². The number of fused-ring (bicyclic) bond motifs is 3. The van der Waals surface area contributed by atoms with E-state index in [1.807, 2.05) is 0 Å². The van der Waals surface area contributed by atoms with E-state index in [4.69, 9.17) is 0 Å². The molecule has 0 spiro atoms. The zero-order chi connectivity index (χ0) is 23.0. The first kappa shape index (κ1) is 21.9. The van der Waals surface area contributed by atoms with Gasteiger partial charge in [-0.2, -0.15) is 0 Å². The maximum Gasteiger partial charge on any atom is 0.275 e. The summed E-state index contributed by atoms with van der Waals surface area (Å²) in [5.74, 6) is -2.90. The van der Waals surface area contributed by atoms with Crippen molar-refractivity contribution < 1.29 is 28.3 Å². The molecule has 3 saturated heterocycles. The summed E-state index contributed by atoms with van der Waals surface area (Å²) in [6, 6.07) is 3.25. The Hall–Kier alpha value is -3.27. The second-order valence-electron chi connectivity index (χ2n) is 8.18. The number of aliphatic hydroxyl groups is 1. The highest BCUT2D eigenvalue weighted by Crippen LogP contribution is 2.35. The van der Waals surface area contributed by atoms with E-state index in [1.54, 1.807) is 4.90 Å². The van der Waals surface area contributed by atoms with Gasteiger partial charge >= 0.3 is 0 Å². The van der Waals surface area contributed by atoms with E-state index < -0.39 is 17.5 Å². The molecule has 3 heterocycles. The summed E-state index contributed by atoms with van der Waals surface area (Å²) in [6.45, 7) is 2.87. The number of aliphatic hydroxyl groups excluding tert-OH is 1. The number of rotatable bonds is 5. The molecule has 1 aromatic rings. The minimum atomic E-state index is -0.814. The lowest BCUT2D eigenvalue weighted by Gasteiger charge is -2.40. The molecule has 2 N–H and O–H groups in total. The highest BCUT2D eigenvalue weighted by atomic mass is 19.1. The third-order valence-corrected chi connectivity index (χ3v) is 6.16. The van der Waals surface area contributed by atoms with Gasteiger partial charge in [-0.3, -0.25) is 19.3 Å². The first-order valence-electron chi connectivity index (χ1n) is 10.4. The molecule has 0 bridgehead atoms. The number of aldehydes is 1. The van der Waals surface area contributed by atoms with Gasteiger partial charge in [0, 0.05) is 43.5 Å². The Balaban J connectivity index is 1.54. The SMILES string of the molecule is C/C(O)=C1/C(=O)N2CC3CCCN3C2CN1/C=C(\C=O)C(=O)NCc1ccc(F)cc1F. The number of nitrogens with zero attached hydrogens (tertiary/aromatic N) is 3. The number of halogens is 2. The number of allylic oxidation sites excluding steroid dienone is 1. The number of carbonyl (C=O) groups is 3. The van der Waals surface area contributed by atoms with Crippen LogP contribution >= 0.6 is 0 Å². The molecule has 0 saturated carbocycles. The number of benzene rings is 1. The predicted molar refractivity (Wildman–Crippen MR) is 110 cm³/mol. The van der Waals surface area contributed by atoms with E-state index >= 15 is 0 Å². The van der Waals surface area contributed by atoms with Gasteiger partial charge in [-0.25, -0.2) is 8.78 Å². The van der Waals surface area contributed by atoms with Crippen LogP contribution in [0.2, 0.25) is 0 Å². The van der Waals surface area contributed by atoms with Crippen LogP contribution in [-0.2, 0) is 20.9 Å². The molecule has 4 rings (SSSR count). The molecule has 32 heavy (non-hydrogen) atoms. The summed E-state index contributed by atoms with van der Waals surface area (Å²) in [5.41, 5.74) is -0.214. The number of carbonyl (C=O) groups excluding carboxylic acids is 3. The summed E-state index contributed by atoms with van der Waals surface area (Å²) in [6.07, 6.45) is 3.40. The van der Waals surface area contributed by atoms with E-state index in [0.717, 1.165) is 25.5 Å². The van der Waals surface area contributed by atoms with Crippen molar-refractivity contribution in [1.82, 2.24) is 20.0 Å². The molecular weight excluding hydrogens is 422 g/mol. The Kier molecular flexibility index (Phi) is 5.96. The summed E-state index contributed by atoms with van der Waals surface area (Å²) >= 11 is 0. The van der Waals surface area contributed by atoms with Gasteiger partial charge in [0.15, 0.2) is 6.29 Å². The molecule has 1 aromatic carbocycles. The van der Waals surface area contributed by atoms with Crippen molar-refractivity contribution in [2.45, 2.75) is 38.5 Å². The molecule has 10 heteroatoms. The highest BCUT2D eigenvalue weighted by Gasteiger charge is 2.49. The van der Waals surface area contributed by atoms with Gasteiger partial charge in [-0.05, 0) is 25.8 Å². The molecule has 0 radical (unpaired) electrons. The van der Waals surface area contributed by atoms with Gasteiger partial charge in [0.05, 0.1) is 12.1 Å². The van der Waals surface area contributed by atoms with Crippen LogP contribution in [-0.4, -0.2) is 69.7 Å². The average molecular weight is 446 g/mol. The van der Waals surface area contributed by atoms with Crippen molar-refractivity contribution in [3.63, 3.8) is 0 Å². The maximum absolute atomic E-state index is 13.8. The van der Waals surface area contributed by atoms with Crippen LogP contribution < -0.4 is 5.32 Å². The van der Waals surface area contributed by atoms with Crippen molar-refractivity contribution in [2.75, 3.05) is 19.6 Å². The van der Waals surface area contributed by atoms with Gasteiger partial charge in [-0.1, -0.05) is 6.07 Å². The molecule has 170 valence electrons. The summed E-state index contributed by atoms with van der Waals surface area (Å²) in [4.78, 5) is 42.6. The molecule has 3 fully saturated rings. The normalized spacial score (nSPS) is 25.0. The van der Waals surface area contributed by atoms with Crippen LogP contribution in [0.4, 0.5) is 8.78 Å². The second kappa shape index (κ2) is 8.70. The lowest BCUT2D eigenvalue weighted by Crippen LogP contribution is -2.55. The van der Waals surface area contributed by atoms with Gasteiger partial charge in [0.25, 0.3) is 11.8 Å². The Bertz CT molecular complexity index is 1020. The Morgan fingerprint density at radius 2 is 2.09 bits per heavy atom. The summed E-state index contributed by atoms with van der Waals surface area (Å²) < 4.78 is 26.9. The molecule has 0 aliphatic carbocycles. The lowest BCUT2D eigenvalue weighted by molar-refractivity contribution is -0.135. The zero-order valence-electron chi connectivity index (χ0n) is 17.6. The Morgan fingerprint density at radius 3 is 2.78 bits per heavy atom. The minimum absolute atomic E-state index is 0.0131. The van der Waals surface area contributed by atoms with E-state index in [9.17, 15) is 28.3 Å². The van der Waals surface area contributed by atoms with Crippen LogP contribution in [0.3, 0.4) is 0 Å².